The number of benzene rings is 1. The summed E-state index contributed by atoms with van der Waals surface area (Å²) in [5.41, 5.74) is 0.869. The van der Waals surface area contributed by atoms with E-state index in [-0.39, 0.29) is 17.3 Å². The molecule has 1 unspecified atom stereocenters. The van der Waals surface area contributed by atoms with Gasteiger partial charge in [-0.05, 0) is 49.8 Å². The van der Waals surface area contributed by atoms with Gasteiger partial charge in [-0.15, -0.1) is 0 Å². The molecule has 0 bridgehead atoms. The number of aliphatic imine (C=N–C) groups is 1. The molecule has 2 aliphatic heterocycles. The molecule has 162 valence electrons. The number of hydrogen-bond acceptors (Lipinski definition) is 4. The van der Waals surface area contributed by atoms with Gasteiger partial charge in [-0.3, -0.25) is 4.99 Å². The predicted octanol–water partition coefficient (Wildman–Crippen LogP) is 2.62. The SMILES string of the molecule is CN=C(NCCCOCC1CCCO1)NCC1(c2cccc(F)c2)CCOCC1. The molecule has 2 aliphatic rings. The predicted molar refractivity (Wildman–Crippen MR) is 112 cm³/mol. The van der Waals surface area contributed by atoms with Crippen molar-refractivity contribution in [1.29, 1.82) is 0 Å². The highest BCUT2D eigenvalue weighted by molar-refractivity contribution is 5.79. The fraction of sp³-hybridized carbons (Fsp3) is 0.682. The van der Waals surface area contributed by atoms with Gasteiger partial charge in [0, 0.05) is 52.0 Å². The van der Waals surface area contributed by atoms with Crippen LogP contribution in [0.1, 0.15) is 37.7 Å². The normalized spacial score (nSPS) is 21.9. The van der Waals surface area contributed by atoms with Gasteiger partial charge in [0.25, 0.3) is 0 Å². The van der Waals surface area contributed by atoms with Gasteiger partial charge in [-0.2, -0.15) is 0 Å². The molecule has 3 rings (SSSR count). The molecule has 2 fully saturated rings. The maximum absolute atomic E-state index is 13.8. The summed E-state index contributed by atoms with van der Waals surface area (Å²) in [5.74, 6) is 0.560. The van der Waals surface area contributed by atoms with Crippen LogP contribution in [0, 0.1) is 5.82 Å². The van der Waals surface area contributed by atoms with Crippen molar-refractivity contribution in [2.24, 2.45) is 4.99 Å². The van der Waals surface area contributed by atoms with Crippen LogP contribution in [0.3, 0.4) is 0 Å². The van der Waals surface area contributed by atoms with Crippen molar-refractivity contribution in [1.82, 2.24) is 10.6 Å². The minimum Gasteiger partial charge on any atom is -0.381 e. The average molecular weight is 408 g/mol. The number of nitrogens with zero attached hydrogens (tertiary/aromatic N) is 1. The van der Waals surface area contributed by atoms with Crippen molar-refractivity contribution in [2.45, 2.75) is 43.6 Å². The van der Waals surface area contributed by atoms with Crippen molar-refractivity contribution in [2.75, 3.05) is 53.2 Å². The van der Waals surface area contributed by atoms with E-state index >= 15 is 0 Å². The van der Waals surface area contributed by atoms with Gasteiger partial charge >= 0.3 is 0 Å². The van der Waals surface area contributed by atoms with E-state index in [1.54, 1.807) is 19.2 Å². The highest BCUT2D eigenvalue weighted by Gasteiger charge is 2.34. The first-order chi connectivity index (χ1) is 14.2. The molecule has 2 heterocycles. The summed E-state index contributed by atoms with van der Waals surface area (Å²) in [6.07, 6.45) is 5.13. The zero-order valence-corrected chi connectivity index (χ0v) is 17.4. The molecule has 0 aliphatic carbocycles. The Balaban J connectivity index is 1.42. The van der Waals surface area contributed by atoms with Gasteiger partial charge < -0.3 is 24.8 Å². The molecule has 1 aromatic carbocycles. The van der Waals surface area contributed by atoms with Gasteiger partial charge in [0.2, 0.25) is 0 Å². The van der Waals surface area contributed by atoms with Crippen LogP contribution in [0.4, 0.5) is 4.39 Å². The largest absolute Gasteiger partial charge is 0.381 e. The van der Waals surface area contributed by atoms with Crippen LogP contribution in [0.5, 0.6) is 0 Å². The Kier molecular flexibility index (Phi) is 8.70. The Labute approximate surface area is 173 Å². The molecule has 0 aromatic heterocycles. The maximum Gasteiger partial charge on any atom is 0.191 e. The molecule has 0 amide bonds. The minimum absolute atomic E-state index is 0.150. The number of ether oxygens (including phenoxy) is 3. The standard InChI is InChI=1S/C22H34FN3O3/c1-24-21(25-10-4-11-28-16-20-7-3-12-29-20)26-17-22(8-13-27-14-9-22)18-5-2-6-19(23)15-18/h2,5-6,15,20H,3-4,7-14,16-17H2,1H3,(H2,24,25,26). The van der Waals surface area contributed by atoms with E-state index in [1.165, 1.54) is 6.07 Å². The van der Waals surface area contributed by atoms with Crippen molar-refractivity contribution in [3.8, 4) is 0 Å². The van der Waals surface area contributed by atoms with Crippen LogP contribution in [-0.4, -0.2) is 65.2 Å². The summed E-state index contributed by atoms with van der Waals surface area (Å²) in [6, 6.07) is 6.93. The van der Waals surface area contributed by atoms with E-state index in [0.717, 1.165) is 56.8 Å². The third-order valence-corrected chi connectivity index (χ3v) is 5.79. The lowest BCUT2D eigenvalue weighted by atomic mass is 9.74. The highest BCUT2D eigenvalue weighted by Crippen LogP contribution is 2.34. The summed E-state index contributed by atoms with van der Waals surface area (Å²) in [4.78, 5) is 4.32. The van der Waals surface area contributed by atoms with Crippen molar-refractivity contribution < 1.29 is 18.6 Å². The highest BCUT2D eigenvalue weighted by atomic mass is 19.1. The van der Waals surface area contributed by atoms with Gasteiger partial charge in [0.05, 0.1) is 12.7 Å². The Morgan fingerprint density at radius 1 is 1.28 bits per heavy atom. The number of halogens is 1. The lowest BCUT2D eigenvalue weighted by molar-refractivity contribution is 0.0168. The zero-order chi connectivity index (χ0) is 20.4. The van der Waals surface area contributed by atoms with E-state index in [1.807, 2.05) is 6.07 Å². The second-order valence-corrected chi connectivity index (χ2v) is 7.82. The number of hydrogen-bond donors (Lipinski definition) is 2. The van der Waals surface area contributed by atoms with E-state index < -0.39 is 0 Å². The first-order valence-corrected chi connectivity index (χ1v) is 10.7. The summed E-state index contributed by atoms with van der Waals surface area (Å²) < 4.78 is 30.6. The van der Waals surface area contributed by atoms with Crippen molar-refractivity contribution >= 4 is 5.96 Å². The monoisotopic (exact) mass is 407 g/mol. The van der Waals surface area contributed by atoms with Gasteiger partial charge in [0.15, 0.2) is 5.96 Å². The maximum atomic E-state index is 13.8. The summed E-state index contributed by atoms with van der Waals surface area (Å²) in [6.45, 7) is 5.09. The zero-order valence-electron chi connectivity index (χ0n) is 17.4. The Morgan fingerprint density at radius 2 is 2.14 bits per heavy atom. The van der Waals surface area contributed by atoms with Gasteiger partial charge in [-0.25, -0.2) is 4.39 Å². The van der Waals surface area contributed by atoms with E-state index in [4.69, 9.17) is 14.2 Å². The summed E-state index contributed by atoms with van der Waals surface area (Å²) in [5, 5.41) is 6.77. The molecule has 0 spiro atoms. The lowest BCUT2D eigenvalue weighted by Crippen LogP contribution is -2.48. The number of nitrogens with one attached hydrogen (secondary N) is 2. The second-order valence-electron chi connectivity index (χ2n) is 7.82. The molecule has 7 heteroatoms. The van der Waals surface area contributed by atoms with Crippen molar-refractivity contribution in [3.05, 3.63) is 35.6 Å². The van der Waals surface area contributed by atoms with Crippen LogP contribution < -0.4 is 10.6 Å². The molecule has 1 aromatic rings. The quantitative estimate of drug-likeness (QED) is 0.374. The minimum atomic E-state index is -0.195. The Morgan fingerprint density at radius 3 is 2.86 bits per heavy atom. The Bertz CT molecular complexity index is 644. The topological polar surface area (TPSA) is 64.1 Å². The van der Waals surface area contributed by atoms with E-state index in [0.29, 0.717) is 33.0 Å². The number of guanidine groups is 1. The van der Waals surface area contributed by atoms with E-state index in [2.05, 4.69) is 15.6 Å². The lowest BCUT2D eigenvalue weighted by Gasteiger charge is -2.38. The molecule has 6 nitrogen and oxygen atoms in total. The van der Waals surface area contributed by atoms with Crippen LogP contribution in [-0.2, 0) is 19.6 Å². The molecule has 29 heavy (non-hydrogen) atoms. The van der Waals surface area contributed by atoms with E-state index in [9.17, 15) is 4.39 Å². The second kappa shape index (κ2) is 11.5. The first kappa shape index (κ1) is 22.0. The number of rotatable bonds is 9. The average Bonchev–Trinajstić information content (AvgIpc) is 3.27. The summed E-state index contributed by atoms with van der Waals surface area (Å²) in [7, 11) is 1.77. The molecule has 1 atom stereocenters. The fourth-order valence-corrected chi connectivity index (χ4v) is 3.99. The third-order valence-electron chi connectivity index (χ3n) is 5.79. The van der Waals surface area contributed by atoms with Crippen LogP contribution in [0.2, 0.25) is 0 Å². The fourth-order valence-electron chi connectivity index (χ4n) is 3.99. The van der Waals surface area contributed by atoms with Crippen LogP contribution in [0.15, 0.2) is 29.3 Å². The molecule has 0 radical (unpaired) electrons. The molecule has 2 N–H and O–H groups in total. The van der Waals surface area contributed by atoms with Crippen LogP contribution in [0.25, 0.3) is 0 Å². The van der Waals surface area contributed by atoms with Crippen molar-refractivity contribution in [3.63, 3.8) is 0 Å². The molecule has 2 saturated heterocycles. The molecular formula is C22H34FN3O3. The first-order valence-electron chi connectivity index (χ1n) is 10.7. The molecular weight excluding hydrogens is 373 g/mol. The Hall–Kier alpha value is -1.70. The smallest absolute Gasteiger partial charge is 0.191 e. The van der Waals surface area contributed by atoms with Crippen LogP contribution >= 0.6 is 0 Å². The third kappa shape index (κ3) is 6.66. The van der Waals surface area contributed by atoms with Gasteiger partial charge in [-0.1, -0.05) is 12.1 Å². The molecule has 0 saturated carbocycles. The van der Waals surface area contributed by atoms with Gasteiger partial charge in [0.1, 0.15) is 5.82 Å². The summed E-state index contributed by atoms with van der Waals surface area (Å²) >= 11 is 0.